The average Bonchev–Trinajstić information content (AvgIpc) is 3.20. The second-order valence-electron chi connectivity index (χ2n) is 7.15. The van der Waals surface area contributed by atoms with Crippen molar-refractivity contribution in [3.63, 3.8) is 0 Å². The van der Waals surface area contributed by atoms with Gasteiger partial charge in [-0.1, -0.05) is 12.5 Å². The molecule has 3 aromatic heterocycles. The van der Waals surface area contributed by atoms with Crippen LogP contribution in [0.25, 0.3) is 15.9 Å². The number of aromatic nitrogens is 4. The molecule has 7 heteroatoms. The number of nitrogens with zero attached hydrogens (tertiary/aromatic N) is 4. The Morgan fingerprint density at radius 2 is 1.93 bits per heavy atom. The molecule has 0 fully saturated rings. The van der Waals surface area contributed by atoms with Crippen LogP contribution in [0.5, 0.6) is 11.5 Å². The molecule has 0 amide bonds. The fourth-order valence-electron chi connectivity index (χ4n) is 4.02. The van der Waals surface area contributed by atoms with Gasteiger partial charge in [-0.3, -0.25) is 0 Å². The van der Waals surface area contributed by atoms with Crippen molar-refractivity contribution in [1.29, 1.82) is 0 Å². The van der Waals surface area contributed by atoms with Crippen LogP contribution in [0.15, 0.2) is 24.5 Å². The molecule has 28 heavy (non-hydrogen) atoms. The Hall–Kier alpha value is -2.67. The molecule has 4 aromatic rings. The molecule has 0 saturated carbocycles. The van der Waals surface area contributed by atoms with Crippen LogP contribution in [-0.4, -0.2) is 33.8 Å². The fourth-order valence-corrected chi connectivity index (χ4v) is 5.25. The molecule has 0 N–H and O–H groups in total. The van der Waals surface area contributed by atoms with Crippen LogP contribution < -0.4 is 9.47 Å². The third kappa shape index (κ3) is 2.90. The first kappa shape index (κ1) is 17.4. The van der Waals surface area contributed by atoms with E-state index < -0.39 is 0 Å². The molecule has 1 aliphatic carbocycles. The van der Waals surface area contributed by atoms with E-state index in [1.54, 1.807) is 20.5 Å². The van der Waals surface area contributed by atoms with Crippen LogP contribution in [-0.2, 0) is 19.3 Å². The minimum absolute atomic E-state index is 0.635. The Labute approximate surface area is 167 Å². The summed E-state index contributed by atoms with van der Waals surface area (Å²) < 4.78 is 12.6. The molecule has 3 heterocycles. The molecular weight excluding hydrogens is 372 g/mol. The quantitative estimate of drug-likeness (QED) is 0.485. The van der Waals surface area contributed by atoms with E-state index in [4.69, 9.17) is 14.5 Å². The second-order valence-corrected chi connectivity index (χ2v) is 8.24. The van der Waals surface area contributed by atoms with E-state index in [2.05, 4.69) is 10.1 Å². The lowest BCUT2D eigenvalue weighted by atomic mass is 10.1. The monoisotopic (exact) mass is 394 g/mol. The summed E-state index contributed by atoms with van der Waals surface area (Å²) in [6.07, 6.45) is 8.52. The van der Waals surface area contributed by atoms with E-state index in [0.717, 1.165) is 46.2 Å². The summed E-state index contributed by atoms with van der Waals surface area (Å²) in [6, 6.07) is 5.93. The largest absolute Gasteiger partial charge is 0.493 e. The topological polar surface area (TPSA) is 61.5 Å². The maximum atomic E-state index is 5.42. The van der Waals surface area contributed by atoms with Gasteiger partial charge in [-0.05, 0) is 48.9 Å². The summed E-state index contributed by atoms with van der Waals surface area (Å²) in [7, 11) is 3.29. The van der Waals surface area contributed by atoms with E-state index in [1.807, 2.05) is 34.1 Å². The third-order valence-corrected chi connectivity index (χ3v) is 6.60. The predicted molar refractivity (Wildman–Crippen MR) is 110 cm³/mol. The van der Waals surface area contributed by atoms with Gasteiger partial charge in [0.2, 0.25) is 0 Å². The highest BCUT2D eigenvalue weighted by Crippen LogP contribution is 2.36. The molecule has 0 saturated heterocycles. The van der Waals surface area contributed by atoms with Gasteiger partial charge in [-0.15, -0.1) is 16.4 Å². The number of ether oxygens (including phenoxy) is 2. The first-order valence-electron chi connectivity index (χ1n) is 9.62. The summed E-state index contributed by atoms with van der Waals surface area (Å²) in [5.41, 5.74) is 3.46. The fraction of sp³-hybridized carbons (Fsp3) is 0.381. The summed E-state index contributed by atoms with van der Waals surface area (Å²) in [4.78, 5) is 12.1. The molecule has 0 radical (unpaired) electrons. The van der Waals surface area contributed by atoms with Crippen LogP contribution in [0.4, 0.5) is 0 Å². The zero-order valence-electron chi connectivity index (χ0n) is 16.1. The van der Waals surface area contributed by atoms with Crippen molar-refractivity contribution < 1.29 is 9.47 Å². The minimum atomic E-state index is 0.635. The zero-order valence-corrected chi connectivity index (χ0v) is 16.9. The number of rotatable bonds is 4. The van der Waals surface area contributed by atoms with Crippen molar-refractivity contribution in [1.82, 2.24) is 19.6 Å². The van der Waals surface area contributed by atoms with Gasteiger partial charge in [-0.25, -0.2) is 14.5 Å². The third-order valence-electron chi connectivity index (χ3n) is 5.40. The molecule has 144 valence electrons. The molecule has 1 aromatic carbocycles. The van der Waals surface area contributed by atoms with Crippen molar-refractivity contribution >= 4 is 27.2 Å². The number of hydrogen-bond donors (Lipinski definition) is 0. The Balaban J connectivity index is 1.56. The molecule has 5 rings (SSSR count). The molecular formula is C21H22N4O2S. The van der Waals surface area contributed by atoms with Crippen LogP contribution in [0, 0.1) is 0 Å². The average molecular weight is 395 g/mol. The number of aryl methyl sites for hydroxylation is 2. The van der Waals surface area contributed by atoms with Gasteiger partial charge < -0.3 is 9.47 Å². The lowest BCUT2D eigenvalue weighted by Crippen LogP contribution is -1.95. The molecule has 0 aliphatic heterocycles. The number of benzene rings is 1. The van der Waals surface area contributed by atoms with Crippen molar-refractivity contribution in [3.05, 3.63) is 46.4 Å². The molecule has 0 bridgehead atoms. The van der Waals surface area contributed by atoms with Crippen LogP contribution in [0.3, 0.4) is 0 Å². The number of thiophene rings is 1. The predicted octanol–water partition coefficient (Wildman–Crippen LogP) is 4.22. The van der Waals surface area contributed by atoms with Gasteiger partial charge in [-0.2, -0.15) is 0 Å². The summed E-state index contributed by atoms with van der Waals surface area (Å²) in [5.74, 6) is 2.23. The van der Waals surface area contributed by atoms with Gasteiger partial charge in [0.05, 0.1) is 19.6 Å². The first-order chi connectivity index (χ1) is 13.8. The summed E-state index contributed by atoms with van der Waals surface area (Å²) in [5, 5.41) is 5.89. The Kier molecular flexibility index (Phi) is 4.39. The zero-order chi connectivity index (χ0) is 19.1. The van der Waals surface area contributed by atoms with Crippen molar-refractivity contribution in [2.24, 2.45) is 0 Å². The Morgan fingerprint density at radius 1 is 1.07 bits per heavy atom. The molecule has 0 atom stereocenters. The van der Waals surface area contributed by atoms with E-state index in [0.29, 0.717) is 6.42 Å². The van der Waals surface area contributed by atoms with Crippen LogP contribution >= 0.6 is 11.3 Å². The van der Waals surface area contributed by atoms with Gasteiger partial charge >= 0.3 is 0 Å². The molecule has 1 aliphatic rings. The highest BCUT2D eigenvalue weighted by Gasteiger charge is 2.20. The summed E-state index contributed by atoms with van der Waals surface area (Å²) >= 11 is 1.83. The minimum Gasteiger partial charge on any atom is -0.493 e. The van der Waals surface area contributed by atoms with Gasteiger partial charge in [0, 0.05) is 11.3 Å². The maximum absolute atomic E-state index is 5.42. The highest BCUT2D eigenvalue weighted by molar-refractivity contribution is 7.19. The molecule has 6 nitrogen and oxygen atoms in total. The lowest BCUT2D eigenvalue weighted by Gasteiger charge is -2.08. The Bertz CT molecular complexity index is 1160. The second kappa shape index (κ2) is 7.05. The lowest BCUT2D eigenvalue weighted by molar-refractivity contribution is 0.354. The molecule has 0 spiro atoms. The Morgan fingerprint density at radius 3 is 2.79 bits per heavy atom. The van der Waals surface area contributed by atoms with Crippen molar-refractivity contribution in [2.45, 2.75) is 38.5 Å². The van der Waals surface area contributed by atoms with Gasteiger partial charge in [0.25, 0.3) is 0 Å². The van der Waals surface area contributed by atoms with Gasteiger partial charge in [0.15, 0.2) is 23.0 Å². The smallest absolute Gasteiger partial charge is 0.167 e. The number of fused-ring (bicyclic) bond motifs is 5. The van der Waals surface area contributed by atoms with E-state index in [1.165, 1.54) is 35.1 Å². The van der Waals surface area contributed by atoms with Crippen LogP contribution in [0.2, 0.25) is 0 Å². The SMILES string of the molecule is COc1ccc(Cc2nc3c4c5c(sc4ncn3n2)CCCCC5)cc1OC. The van der Waals surface area contributed by atoms with Crippen molar-refractivity contribution in [2.75, 3.05) is 14.2 Å². The standard InChI is InChI=1S/C21H22N4O2S/c1-26-15-9-8-13(10-16(15)27-2)11-18-23-20-19-14-6-4-3-5-7-17(14)28-21(19)22-12-25(20)24-18/h8-10,12H,3-7,11H2,1-2H3. The van der Waals surface area contributed by atoms with E-state index in [-0.39, 0.29) is 0 Å². The maximum Gasteiger partial charge on any atom is 0.167 e. The van der Waals surface area contributed by atoms with Crippen molar-refractivity contribution in [3.8, 4) is 11.5 Å². The first-order valence-corrected chi connectivity index (χ1v) is 10.4. The summed E-state index contributed by atoms with van der Waals surface area (Å²) in [6.45, 7) is 0. The van der Waals surface area contributed by atoms with E-state index >= 15 is 0 Å². The van der Waals surface area contributed by atoms with E-state index in [9.17, 15) is 0 Å². The number of methoxy groups -OCH3 is 2. The molecule has 0 unspecified atom stereocenters. The van der Waals surface area contributed by atoms with Crippen LogP contribution in [0.1, 0.15) is 41.1 Å². The number of hydrogen-bond acceptors (Lipinski definition) is 6. The normalized spacial score (nSPS) is 14.2. The highest BCUT2D eigenvalue weighted by atomic mass is 32.1. The van der Waals surface area contributed by atoms with Gasteiger partial charge in [0.1, 0.15) is 11.2 Å².